The first-order chi connectivity index (χ1) is 11.8. The summed E-state index contributed by atoms with van der Waals surface area (Å²) < 4.78 is 39.1. The van der Waals surface area contributed by atoms with E-state index in [0.29, 0.717) is 5.56 Å². The standard InChI is InChI=1S/C18H15F3N2O2/c1-11(23-10-12-6-2-3-7-13(12)17(23)25)16(24)22-15-9-5-4-8-14(15)18(19,20)21/h2-9,11H,10H2,1H3,(H,22,24). The number of halogens is 3. The van der Waals surface area contributed by atoms with E-state index in [1.165, 1.54) is 30.0 Å². The molecule has 0 saturated heterocycles. The SMILES string of the molecule is CC(C(=O)Nc1ccccc1C(F)(F)F)N1Cc2ccccc2C1=O. The van der Waals surface area contributed by atoms with Crippen molar-refractivity contribution in [3.63, 3.8) is 0 Å². The van der Waals surface area contributed by atoms with E-state index in [1.54, 1.807) is 24.3 Å². The van der Waals surface area contributed by atoms with E-state index in [4.69, 9.17) is 0 Å². The second-order valence-corrected chi connectivity index (χ2v) is 5.80. The third-order valence-electron chi connectivity index (χ3n) is 4.19. The minimum absolute atomic E-state index is 0.254. The van der Waals surface area contributed by atoms with Crippen LogP contribution in [0, 0.1) is 0 Å². The number of alkyl halides is 3. The normalized spacial score (nSPS) is 15.0. The molecular formula is C18H15F3N2O2. The molecule has 2 aromatic carbocycles. The van der Waals surface area contributed by atoms with Crippen LogP contribution in [0.3, 0.4) is 0 Å². The van der Waals surface area contributed by atoms with Crippen molar-refractivity contribution in [2.24, 2.45) is 0 Å². The third kappa shape index (κ3) is 3.22. The summed E-state index contributed by atoms with van der Waals surface area (Å²) in [6.45, 7) is 1.75. The van der Waals surface area contributed by atoms with Gasteiger partial charge in [0.15, 0.2) is 0 Å². The number of carbonyl (C=O) groups is 2. The first-order valence-corrected chi connectivity index (χ1v) is 7.65. The van der Waals surface area contributed by atoms with E-state index < -0.39 is 23.7 Å². The molecule has 1 aliphatic rings. The molecule has 0 fully saturated rings. The average molecular weight is 348 g/mol. The average Bonchev–Trinajstić information content (AvgIpc) is 2.91. The first kappa shape index (κ1) is 17.0. The molecule has 2 amide bonds. The highest BCUT2D eigenvalue weighted by Crippen LogP contribution is 2.34. The van der Waals surface area contributed by atoms with Crippen molar-refractivity contribution in [2.75, 3.05) is 5.32 Å². The first-order valence-electron chi connectivity index (χ1n) is 7.65. The highest BCUT2D eigenvalue weighted by Gasteiger charge is 2.36. The van der Waals surface area contributed by atoms with Crippen molar-refractivity contribution < 1.29 is 22.8 Å². The summed E-state index contributed by atoms with van der Waals surface area (Å²) in [6, 6.07) is 10.8. The number of fused-ring (bicyclic) bond motifs is 1. The number of rotatable bonds is 3. The quantitative estimate of drug-likeness (QED) is 0.920. The molecule has 7 heteroatoms. The number of hydrogen-bond donors (Lipinski definition) is 1. The number of hydrogen-bond acceptors (Lipinski definition) is 2. The van der Waals surface area contributed by atoms with Gasteiger partial charge in [-0.15, -0.1) is 0 Å². The second kappa shape index (κ2) is 6.23. The number of anilines is 1. The highest BCUT2D eigenvalue weighted by atomic mass is 19.4. The molecule has 0 aromatic heterocycles. The fourth-order valence-electron chi connectivity index (χ4n) is 2.81. The Kier molecular flexibility index (Phi) is 4.24. The number of nitrogens with zero attached hydrogens (tertiary/aromatic N) is 1. The zero-order valence-corrected chi connectivity index (χ0v) is 13.3. The second-order valence-electron chi connectivity index (χ2n) is 5.80. The lowest BCUT2D eigenvalue weighted by molar-refractivity contribution is -0.137. The predicted molar refractivity (Wildman–Crippen MR) is 85.9 cm³/mol. The van der Waals surface area contributed by atoms with Gasteiger partial charge < -0.3 is 10.2 Å². The predicted octanol–water partition coefficient (Wildman–Crippen LogP) is 3.69. The van der Waals surface area contributed by atoms with Gasteiger partial charge in [0.2, 0.25) is 5.91 Å². The van der Waals surface area contributed by atoms with Crippen LogP contribution in [0.5, 0.6) is 0 Å². The molecule has 1 N–H and O–H groups in total. The van der Waals surface area contributed by atoms with Gasteiger partial charge in [0, 0.05) is 12.1 Å². The summed E-state index contributed by atoms with van der Waals surface area (Å²) in [4.78, 5) is 26.1. The van der Waals surface area contributed by atoms with E-state index in [-0.39, 0.29) is 18.1 Å². The van der Waals surface area contributed by atoms with Crippen molar-refractivity contribution in [3.8, 4) is 0 Å². The van der Waals surface area contributed by atoms with Crippen LogP contribution < -0.4 is 5.32 Å². The minimum atomic E-state index is -4.58. The van der Waals surface area contributed by atoms with Crippen LogP contribution in [0.4, 0.5) is 18.9 Å². The maximum absolute atomic E-state index is 13.0. The van der Waals surface area contributed by atoms with Gasteiger partial charge in [0.25, 0.3) is 5.91 Å². The molecule has 1 unspecified atom stereocenters. The van der Waals surface area contributed by atoms with E-state index in [1.807, 2.05) is 0 Å². The Labute approximate surface area is 142 Å². The molecule has 0 radical (unpaired) electrons. The van der Waals surface area contributed by atoms with Gasteiger partial charge in [-0.1, -0.05) is 30.3 Å². The third-order valence-corrected chi connectivity index (χ3v) is 4.19. The lowest BCUT2D eigenvalue weighted by atomic mass is 10.1. The molecule has 1 heterocycles. The van der Waals surface area contributed by atoms with Crippen LogP contribution in [0.15, 0.2) is 48.5 Å². The zero-order valence-electron chi connectivity index (χ0n) is 13.3. The van der Waals surface area contributed by atoms with Crippen LogP contribution in [0.2, 0.25) is 0 Å². The van der Waals surface area contributed by atoms with Gasteiger partial charge in [-0.25, -0.2) is 0 Å². The lowest BCUT2D eigenvalue weighted by Crippen LogP contribution is -2.42. The van der Waals surface area contributed by atoms with E-state index in [9.17, 15) is 22.8 Å². The smallest absolute Gasteiger partial charge is 0.324 e. The monoisotopic (exact) mass is 348 g/mol. The van der Waals surface area contributed by atoms with E-state index in [2.05, 4.69) is 5.32 Å². The topological polar surface area (TPSA) is 49.4 Å². The molecule has 130 valence electrons. The van der Waals surface area contributed by atoms with Gasteiger partial charge in [-0.05, 0) is 30.7 Å². The van der Waals surface area contributed by atoms with Crippen molar-refractivity contribution in [1.82, 2.24) is 4.90 Å². The molecule has 0 spiro atoms. The fourth-order valence-corrected chi connectivity index (χ4v) is 2.81. The number of para-hydroxylation sites is 1. The van der Waals surface area contributed by atoms with Gasteiger partial charge in [-0.2, -0.15) is 13.2 Å². The minimum Gasteiger partial charge on any atom is -0.324 e. The Bertz CT molecular complexity index is 833. The van der Waals surface area contributed by atoms with Crippen molar-refractivity contribution in [2.45, 2.75) is 25.7 Å². The largest absolute Gasteiger partial charge is 0.418 e. The summed E-state index contributed by atoms with van der Waals surface area (Å²) in [6.07, 6.45) is -4.58. The van der Waals surface area contributed by atoms with Crippen LogP contribution in [0.25, 0.3) is 0 Å². The molecule has 0 saturated carbocycles. The van der Waals surface area contributed by atoms with Gasteiger partial charge >= 0.3 is 6.18 Å². The van der Waals surface area contributed by atoms with E-state index >= 15 is 0 Å². The Morgan fingerprint density at radius 2 is 1.76 bits per heavy atom. The summed E-state index contributed by atoms with van der Waals surface area (Å²) in [5.41, 5.74) is 0.0586. The van der Waals surface area contributed by atoms with Gasteiger partial charge in [-0.3, -0.25) is 9.59 Å². The molecule has 1 aliphatic heterocycles. The Morgan fingerprint density at radius 1 is 1.12 bits per heavy atom. The highest BCUT2D eigenvalue weighted by molar-refractivity contribution is 6.03. The summed E-state index contributed by atoms with van der Waals surface area (Å²) in [5.74, 6) is -0.972. The van der Waals surface area contributed by atoms with Crippen LogP contribution in [0.1, 0.15) is 28.4 Å². The van der Waals surface area contributed by atoms with Gasteiger partial charge in [0.1, 0.15) is 6.04 Å². The van der Waals surface area contributed by atoms with Crippen LogP contribution >= 0.6 is 0 Å². The fraction of sp³-hybridized carbons (Fsp3) is 0.222. The number of carbonyl (C=O) groups excluding carboxylic acids is 2. The summed E-state index contributed by atoms with van der Waals surface area (Å²) >= 11 is 0. The maximum Gasteiger partial charge on any atom is 0.418 e. The van der Waals surface area contributed by atoms with Gasteiger partial charge in [0.05, 0.1) is 11.3 Å². The molecule has 3 rings (SSSR count). The Balaban J connectivity index is 1.78. The molecule has 0 aliphatic carbocycles. The molecule has 1 atom stereocenters. The zero-order chi connectivity index (χ0) is 18.2. The Hall–Kier alpha value is -2.83. The summed E-state index contributed by atoms with van der Waals surface area (Å²) in [5, 5.41) is 2.29. The molecule has 0 bridgehead atoms. The molecule has 25 heavy (non-hydrogen) atoms. The molecule has 2 aromatic rings. The van der Waals surface area contributed by atoms with Crippen molar-refractivity contribution in [1.29, 1.82) is 0 Å². The van der Waals surface area contributed by atoms with Crippen molar-refractivity contribution >= 4 is 17.5 Å². The lowest BCUT2D eigenvalue weighted by Gasteiger charge is -2.24. The maximum atomic E-state index is 13.0. The number of benzene rings is 2. The van der Waals surface area contributed by atoms with Crippen LogP contribution in [-0.2, 0) is 17.5 Å². The van der Waals surface area contributed by atoms with E-state index in [0.717, 1.165) is 11.6 Å². The summed E-state index contributed by atoms with van der Waals surface area (Å²) in [7, 11) is 0. The Morgan fingerprint density at radius 3 is 2.44 bits per heavy atom. The molecule has 4 nitrogen and oxygen atoms in total. The van der Waals surface area contributed by atoms with Crippen molar-refractivity contribution in [3.05, 3.63) is 65.2 Å². The van der Waals surface area contributed by atoms with Crippen LogP contribution in [-0.4, -0.2) is 22.8 Å². The number of amides is 2. The molecular weight excluding hydrogens is 333 g/mol. The number of nitrogens with one attached hydrogen (secondary N) is 1.